The lowest BCUT2D eigenvalue weighted by Gasteiger charge is -2.29. The Morgan fingerprint density at radius 1 is 0.821 bits per heavy atom. The molecule has 0 radical (unpaired) electrons. The molecule has 0 aliphatic heterocycles. The van der Waals surface area contributed by atoms with E-state index in [1.165, 1.54) is 24.8 Å². The molecular weight excluding hydrogens is 488 g/mol. The average molecular weight is 547 g/mol. The van der Waals surface area contributed by atoms with Gasteiger partial charge in [0.1, 0.15) is 12.4 Å². The summed E-state index contributed by atoms with van der Waals surface area (Å²) in [6, 6.07) is 0. The molecule has 0 aromatic carbocycles. The minimum Gasteiger partial charge on any atom is -0.491 e. The first-order valence-electron chi connectivity index (χ1n) is 14.8. The van der Waals surface area contributed by atoms with Crippen molar-refractivity contribution in [1.29, 1.82) is 0 Å². The third-order valence-electron chi connectivity index (χ3n) is 6.49. The number of hydrogen-bond acceptors (Lipinski definition) is 5. The molecule has 1 rings (SSSR count). The van der Waals surface area contributed by atoms with Crippen LogP contribution in [0.4, 0.5) is 0 Å². The molecule has 0 amide bonds. The highest BCUT2D eigenvalue weighted by Crippen LogP contribution is 2.27. The quantitative estimate of drug-likeness (QED) is 0.0817. The molecule has 0 heterocycles. The Labute approximate surface area is 240 Å². The Bertz CT molecular complexity index is 842. The summed E-state index contributed by atoms with van der Waals surface area (Å²) in [5.41, 5.74) is 1.07. The van der Waals surface area contributed by atoms with E-state index in [0.29, 0.717) is 51.2 Å². The molecule has 0 fully saturated rings. The normalized spacial score (nSPS) is 15.5. The molecule has 224 valence electrons. The van der Waals surface area contributed by atoms with E-state index in [1.807, 2.05) is 19.1 Å². The van der Waals surface area contributed by atoms with Crippen molar-refractivity contribution in [3.63, 3.8) is 0 Å². The predicted molar refractivity (Wildman–Crippen MR) is 163 cm³/mol. The summed E-state index contributed by atoms with van der Waals surface area (Å²) < 4.78 is 30.4. The summed E-state index contributed by atoms with van der Waals surface area (Å²) >= 11 is 0. The Hall–Kier alpha value is -1.98. The molecule has 0 aromatic heterocycles. The SMILES string of the molecule is C=C/C(OCC(C)(C)COCCOC1=CCCC=C1C)=C(\C=C/C)OCC(C)(C)COCC(C)(C)CCCC. The first kappa shape index (κ1) is 35.0. The third-order valence-corrected chi connectivity index (χ3v) is 6.49. The van der Waals surface area contributed by atoms with E-state index < -0.39 is 0 Å². The second kappa shape index (κ2) is 17.7. The van der Waals surface area contributed by atoms with Crippen LogP contribution in [0.15, 0.2) is 59.8 Å². The van der Waals surface area contributed by atoms with Gasteiger partial charge in [-0.05, 0) is 62.3 Å². The van der Waals surface area contributed by atoms with Gasteiger partial charge in [-0.3, -0.25) is 0 Å². The van der Waals surface area contributed by atoms with Crippen molar-refractivity contribution < 1.29 is 23.7 Å². The van der Waals surface area contributed by atoms with Crippen LogP contribution in [0, 0.1) is 16.2 Å². The van der Waals surface area contributed by atoms with Crippen LogP contribution in [0.1, 0.15) is 94.4 Å². The molecule has 1 aliphatic carbocycles. The first-order valence-corrected chi connectivity index (χ1v) is 14.8. The molecule has 39 heavy (non-hydrogen) atoms. The van der Waals surface area contributed by atoms with Gasteiger partial charge in [-0.25, -0.2) is 0 Å². The Morgan fingerprint density at radius 2 is 1.41 bits per heavy atom. The summed E-state index contributed by atoms with van der Waals surface area (Å²) in [5.74, 6) is 2.29. The van der Waals surface area contributed by atoms with Gasteiger partial charge in [-0.15, -0.1) is 0 Å². The highest BCUT2D eigenvalue weighted by Gasteiger charge is 2.25. The molecule has 0 atom stereocenters. The van der Waals surface area contributed by atoms with E-state index in [2.05, 4.69) is 74.1 Å². The topological polar surface area (TPSA) is 46.2 Å². The van der Waals surface area contributed by atoms with Crippen molar-refractivity contribution in [3.05, 3.63) is 59.8 Å². The lowest BCUT2D eigenvalue weighted by atomic mass is 9.88. The molecule has 0 bridgehead atoms. The van der Waals surface area contributed by atoms with Crippen molar-refractivity contribution in [1.82, 2.24) is 0 Å². The Morgan fingerprint density at radius 3 is 2.00 bits per heavy atom. The van der Waals surface area contributed by atoms with Crippen molar-refractivity contribution in [2.45, 2.75) is 94.4 Å². The smallest absolute Gasteiger partial charge is 0.160 e. The molecule has 5 heteroatoms. The number of ether oxygens (including phenoxy) is 5. The maximum Gasteiger partial charge on any atom is 0.160 e. The van der Waals surface area contributed by atoms with Crippen LogP contribution < -0.4 is 0 Å². The minimum absolute atomic E-state index is 0.142. The van der Waals surface area contributed by atoms with Crippen LogP contribution in [0.25, 0.3) is 0 Å². The van der Waals surface area contributed by atoms with Gasteiger partial charge in [-0.2, -0.15) is 0 Å². The summed E-state index contributed by atoms with van der Waals surface area (Å²) in [6.45, 7) is 27.4. The third kappa shape index (κ3) is 15.4. The van der Waals surface area contributed by atoms with Crippen molar-refractivity contribution in [3.8, 4) is 0 Å². The van der Waals surface area contributed by atoms with Crippen molar-refractivity contribution >= 4 is 0 Å². The molecule has 0 aromatic rings. The first-order chi connectivity index (χ1) is 18.3. The summed E-state index contributed by atoms with van der Waals surface area (Å²) in [4.78, 5) is 0. The van der Waals surface area contributed by atoms with E-state index in [-0.39, 0.29) is 16.2 Å². The molecule has 1 aliphatic rings. The molecule has 0 N–H and O–H groups in total. The number of unbranched alkanes of at least 4 members (excludes halogenated alkanes) is 1. The fourth-order valence-corrected chi connectivity index (χ4v) is 4.05. The molecule has 0 spiro atoms. The lowest BCUT2D eigenvalue weighted by Crippen LogP contribution is -2.29. The second-order valence-electron chi connectivity index (χ2n) is 13.0. The Balaban J connectivity index is 2.55. The maximum atomic E-state index is 6.25. The number of hydrogen-bond donors (Lipinski definition) is 0. The molecule has 0 unspecified atom stereocenters. The van der Waals surface area contributed by atoms with Gasteiger partial charge in [0.15, 0.2) is 11.5 Å². The number of allylic oxidation sites excluding steroid dienone is 6. The van der Waals surface area contributed by atoms with Crippen LogP contribution >= 0.6 is 0 Å². The van der Waals surface area contributed by atoms with Gasteiger partial charge in [-0.1, -0.05) is 80.0 Å². The van der Waals surface area contributed by atoms with Gasteiger partial charge in [0.05, 0.1) is 39.6 Å². The molecule has 0 saturated carbocycles. The standard InChI is InChI=1S/C34H58O5/c1-11-14-20-32(5,6)23-36-25-34(9,10)27-39-31(17-12-2)29(13-3)38-26-33(7,8)24-35-21-22-37-30-19-16-15-18-28(30)4/h12-13,17-19H,3,11,14-16,20-27H2,1-2,4-10H3/b17-12-,31-29-. The zero-order valence-electron chi connectivity index (χ0n) is 26.6. The molecule has 5 nitrogen and oxygen atoms in total. The minimum atomic E-state index is -0.188. The lowest BCUT2D eigenvalue weighted by molar-refractivity contribution is -0.0174. The molecule has 0 saturated heterocycles. The van der Waals surface area contributed by atoms with Gasteiger partial charge in [0.25, 0.3) is 0 Å². The van der Waals surface area contributed by atoms with E-state index in [0.717, 1.165) is 25.2 Å². The fourth-order valence-electron chi connectivity index (χ4n) is 4.05. The Kier molecular flexibility index (Phi) is 15.9. The van der Waals surface area contributed by atoms with Crippen LogP contribution in [-0.2, 0) is 23.7 Å². The predicted octanol–water partition coefficient (Wildman–Crippen LogP) is 8.94. The van der Waals surface area contributed by atoms with Gasteiger partial charge >= 0.3 is 0 Å². The maximum absolute atomic E-state index is 6.25. The van der Waals surface area contributed by atoms with E-state index >= 15 is 0 Å². The summed E-state index contributed by atoms with van der Waals surface area (Å²) in [5, 5.41) is 0. The van der Waals surface area contributed by atoms with Crippen LogP contribution in [0.3, 0.4) is 0 Å². The second-order valence-corrected chi connectivity index (χ2v) is 13.0. The zero-order valence-corrected chi connectivity index (χ0v) is 26.6. The van der Waals surface area contributed by atoms with Gasteiger partial charge in [0.2, 0.25) is 0 Å². The largest absolute Gasteiger partial charge is 0.491 e. The van der Waals surface area contributed by atoms with E-state index in [4.69, 9.17) is 23.7 Å². The van der Waals surface area contributed by atoms with Crippen LogP contribution in [0.2, 0.25) is 0 Å². The number of rotatable bonds is 21. The van der Waals surface area contributed by atoms with E-state index in [1.54, 1.807) is 6.08 Å². The summed E-state index contributed by atoms with van der Waals surface area (Å²) in [6.07, 6.45) is 15.7. The van der Waals surface area contributed by atoms with Crippen molar-refractivity contribution in [2.75, 3.05) is 46.2 Å². The highest BCUT2D eigenvalue weighted by atomic mass is 16.5. The van der Waals surface area contributed by atoms with Gasteiger partial charge < -0.3 is 23.7 Å². The van der Waals surface area contributed by atoms with Crippen molar-refractivity contribution in [2.24, 2.45) is 16.2 Å². The molecular formula is C34H58O5. The average Bonchev–Trinajstić information content (AvgIpc) is 2.87. The van der Waals surface area contributed by atoms with E-state index in [9.17, 15) is 0 Å². The van der Waals surface area contributed by atoms with Crippen LogP contribution in [0.5, 0.6) is 0 Å². The fraction of sp³-hybridized carbons (Fsp3) is 0.706. The summed E-state index contributed by atoms with van der Waals surface area (Å²) in [7, 11) is 0. The monoisotopic (exact) mass is 546 g/mol. The van der Waals surface area contributed by atoms with Gasteiger partial charge in [0, 0.05) is 10.8 Å². The van der Waals surface area contributed by atoms with Crippen LogP contribution in [-0.4, -0.2) is 46.2 Å². The highest BCUT2D eigenvalue weighted by molar-refractivity contribution is 5.26. The zero-order chi connectivity index (χ0) is 29.4.